The van der Waals surface area contributed by atoms with Crippen LogP contribution in [0.2, 0.25) is 0 Å². The highest BCUT2D eigenvalue weighted by Gasteiger charge is 2.44. The number of carbonyl (C=O) groups excluding carboxylic acids is 4. The molecule has 2 aromatic carbocycles. The van der Waals surface area contributed by atoms with Crippen LogP contribution >= 0.6 is 0 Å². The van der Waals surface area contributed by atoms with Crippen LogP contribution in [0.25, 0.3) is 12.2 Å². The van der Waals surface area contributed by atoms with E-state index in [1.54, 1.807) is 37.3 Å². The highest BCUT2D eigenvalue weighted by Crippen LogP contribution is 2.35. The third kappa shape index (κ3) is 10.1. The third-order valence-corrected chi connectivity index (χ3v) is 11.2. The number of benzene rings is 2. The molecule has 57 heavy (non-hydrogen) atoms. The lowest BCUT2D eigenvalue weighted by molar-refractivity contribution is -0.152. The molecule has 1 saturated heterocycles. The SMILES string of the molecule is Cc1cc(C)c2c(c1)/C=C/C[C@@H]1OC(C)(C)O[C@@H]1C(=O)/C=C\[C@@H]1CCC[C@@H]1OC2=O.Cc1cc(O)c2c(c1)/C=C/C[C@H](O)[C@H](O)C(=O)/C=C\[C@@H]1CCC[C@@H]1OC2=O. The number of phenolic OH excluding ortho intramolecular Hbond substituents is 1. The number of aliphatic hydroxyl groups is 2. The van der Waals surface area contributed by atoms with Gasteiger partial charge < -0.3 is 34.3 Å². The van der Waals surface area contributed by atoms with Crippen LogP contribution in [-0.2, 0) is 28.5 Å². The molecule has 3 aliphatic heterocycles. The van der Waals surface area contributed by atoms with Crippen LogP contribution < -0.4 is 0 Å². The molecule has 7 rings (SSSR count). The second-order valence-corrected chi connectivity index (χ2v) is 16.3. The zero-order valence-electron chi connectivity index (χ0n) is 33.3. The lowest BCUT2D eigenvalue weighted by Gasteiger charge is -2.20. The Morgan fingerprint density at radius 2 is 1.18 bits per heavy atom. The molecule has 0 radical (unpaired) electrons. The molecule has 0 amide bonds. The topological polar surface area (TPSA) is 166 Å². The number of aryl methyl sites for hydroxylation is 3. The van der Waals surface area contributed by atoms with Gasteiger partial charge in [-0.15, -0.1) is 0 Å². The standard InChI is InChI=1S/C25H30O5.C21H24O6/c1-15-13-16(2)22-18(14-15)8-6-10-21-23(30-25(3,4)29-21)19(26)12-11-17-7-5-9-20(17)28-24(22)27;1-12-10-14-5-2-6-15(22)20(25)16(23)9-8-13-4-3-7-18(13)27-21(26)19(14)17(24)11-12/h6,8,11-14,17,20-21,23H,5,7,9-10H2,1-4H3;2,5,8-11,13,15,18,20,22,24-25H,3-4,6-7H2,1H3/b8-6+,12-11-;5-2+,9-8-/t17-,20-,21-,23+;13-,15-,18-,20-/m00/s1. The Labute approximate surface area is 334 Å². The van der Waals surface area contributed by atoms with E-state index in [-0.39, 0.29) is 53.5 Å². The van der Waals surface area contributed by atoms with Gasteiger partial charge in [-0.05, 0) is 126 Å². The van der Waals surface area contributed by atoms with E-state index in [4.69, 9.17) is 18.9 Å². The smallest absolute Gasteiger partial charge is 0.342 e. The number of esters is 2. The molecule has 3 N–H and O–H groups in total. The largest absolute Gasteiger partial charge is 0.507 e. The highest BCUT2D eigenvalue weighted by atomic mass is 16.8. The Kier molecular flexibility index (Phi) is 13.1. The molecule has 2 aromatic rings. The first-order valence-electron chi connectivity index (χ1n) is 20.0. The van der Waals surface area contributed by atoms with Crippen molar-refractivity contribution in [2.75, 3.05) is 0 Å². The monoisotopic (exact) mass is 782 g/mol. The Bertz CT molecular complexity index is 1990. The number of ether oxygens (including phenoxy) is 4. The van der Waals surface area contributed by atoms with E-state index >= 15 is 0 Å². The molecule has 11 nitrogen and oxygen atoms in total. The van der Waals surface area contributed by atoms with Crippen LogP contribution in [0.3, 0.4) is 0 Å². The molecule has 304 valence electrons. The number of fused-ring (bicyclic) bond motifs is 5. The summed E-state index contributed by atoms with van der Waals surface area (Å²) < 4.78 is 23.5. The normalized spacial score (nSPS) is 32.3. The molecule has 5 aliphatic rings. The molecule has 0 unspecified atom stereocenters. The minimum atomic E-state index is -1.51. The van der Waals surface area contributed by atoms with Crippen molar-refractivity contribution in [3.63, 3.8) is 0 Å². The summed E-state index contributed by atoms with van der Waals surface area (Å²) in [6, 6.07) is 7.24. The van der Waals surface area contributed by atoms with Gasteiger partial charge in [-0.2, -0.15) is 0 Å². The number of rotatable bonds is 0. The molecule has 0 spiro atoms. The van der Waals surface area contributed by atoms with Gasteiger partial charge in [0, 0.05) is 11.8 Å². The second kappa shape index (κ2) is 17.9. The molecule has 3 fully saturated rings. The van der Waals surface area contributed by atoms with Gasteiger partial charge in [-0.3, -0.25) is 9.59 Å². The van der Waals surface area contributed by atoms with Crippen molar-refractivity contribution in [3.05, 3.63) is 99.7 Å². The molecule has 2 aliphatic carbocycles. The minimum Gasteiger partial charge on any atom is -0.507 e. The maximum Gasteiger partial charge on any atom is 0.342 e. The lowest BCUT2D eigenvalue weighted by Crippen LogP contribution is -2.32. The molecule has 3 heterocycles. The minimum absolute atomic E-state index is 0.0238. The van der Waals surface area contributed by atoms with Gasteiger partial charge >= 0.3 is 11.9 Å². The van der Waals surface area contributed by atoms with E-state index in [9.17, 15) is 34.5 Å². The Balaban J connectivity index is 0.000000194. The van der Waals surface area contributed by atoms with E-state index in [1.807, 2.05) is 58.1 Å². The number of phenols is 1. The first kappa shape index (κ1) is 41.9. The first-order chi connectivity index (χ1) is 27.1. The van der Waals surface area contributed by atoms with Crippen molar-refractivity contribution >= 4 is 35.7 Å². The van der Waals surface area contributed by atoms with Crippen LogP contribution in [0.1, 0.15) is 114 Å². The van der Waals surface area contributed by atoms with Crippen molar-refractivity contribution in [2.45, 2.75) is 128 Å². The lowest BCUT2D eigenvalue weighted by atomic mass is 9.96. The number of aliphatic hydroxyl groups excluding tert-OH is 2. The summed E-state index contributed by atoms with van der Waals surface area (Å²) in [5.74, 6) is -2.63. The van der Waals surface area contributed by atoms with Gasteiger partial charge in [0.2, 0.25) is 0 Å². The summed E-state index contributed by atoms with van der Waals surface area (Å²) in [7, 11) is 0. The van der Waals surface area contributed by atoms with Gasteiger partial charge in [0.15, 0.2) is 17.4 Å². The fourth-order valence-electron chi connectivity index (χ4n) is 8.46. The summed E-state index contributed by atoms with van der Waals surface area (Å²) in [5, 5.41) is 30.4. The molecule has 0 aromatic heterocycles. The van der Waals surface area contributed by atoms with Crippen molar-refractivity contribution in [1.82, 2.24) is 0 Å². The average molecular weight is 783 g/mol. The summed E-state index contributed by atoms with van der Waals surface area (Å²) in [5.41, 5.74) is 4.75. The summed E-state index contributed by atoms with van der Waals surface area (Å²) >= 11 is 0. The fraction of sp³-hybridized carbons (Fsp3) is 0.478. The van der Waals surface area contributed by atoms with Crippen LogP contribution in [0.4, 0.5) is 0 Å². The van der Waals surface area contributed by atoms with Crippen LogP contribution in [-0.4, -0.2) is 81.2 Å². The summed E-state index contributed by atoms with van der Waals surface area (Å²) in [6.45, 7) is 9.41. The van der Waals surface area contributed by atoms with Crippen molar-refractivity contribution < 1.29 is 53.4 Å². The number of hydrogen-bond donors (Lipinski definition) is 3. The van der Waals surface area contributed by atoms with Gasteiger partial charge in [0.25, 0.3) is 0 Å². The molecule has 2 saturated carbocycles. The molecule has 0 bridgehead atoms. The van der Waals surface area contributed by atoms with Crippen LogP contribution in [0.15, 0.2) is 60.7 Å². The zero-order chi connectivity index (χ0) is 41.0. The maximum atomic E-state index is 13.1. The number of aromatic hydroxyl groups is 1. The van der Waals surface area contributed by atoms with E-state index in [0.29, 0.717) is 24.0 Å². The van der Waals surface area contributed by atoms with Crippen LogP contribution in [0, 0.1) is 32.6 Å². The van der Waals surface area contributed by atoms with E-state index in [2.05, 4.69) is 0 Å². The Hall–Kier alpha value is -4.68. The predicted molar refractivity (Wildman–Crippen MR) is 213 cm³/mol. The zero-order valence-corrected chi connectivity index (χ0v) is 33.3. The number of carbonyl (C=O) groups is 4. The fourth-order valence-corrected chi connectivity index (χ4v) is 8.46. The first-order valence-corrected chi connectivity index (χ1v) is 20.0. The predicted octanol–water partition coefficient (Wildman–Crippen LogP) is 6.98. The molecular formula is C46H54O11. The van der Waals surface area contributed by atoms with Gasteiger partial charge in [0.1, 0.15) is 35.7 Å². The van der Waals surface area contributed by atoms with Crippen molar-refractivity contribution in [1.29, 1.82) is 0 Å². The summed E-state index contributed by atoms with van der Waals surface area (Å²) in [6.07, 6.45) is 14.5. The third-order valence-electron chi connectivity index (χ3n) is 11.2. The highest BCUT2D eigenvalue weighted by molar-refractivity contribution is 5.98. The average Bonchev–Trinajstić information content (AvgIpc) is 3.86. The van der Waals surface area contributed by atoms with Gasteiger partial charge in [-0.1, -0.05) is 60.2 Å². The summed E-state index contributed by atoms with van der Waals surface area (Å²) in [4.78, 5) is 50.8. The van der Waals surface area contributed by atoms with Gasteiger partial charge in [0.05, 0.1) is 17.8 Å². The van der Waals surface area contributed by atoms with Crippen molar-refractivity contribution in [2.24, 2.45) is 11.8 Å². The van der Waals surface area contributed by atoms with Crippen molar-refractivity contribution in [3.8, 4) is 5.75 Å². The Morgan fingerprint density at radius 3 is 1.81 bits per heavy atom. The number of hydrogen-bond acceptors (Lipinski definition) is 11. The molecular weight excluding hydrogens is 728 g/mol. The number of ketones is 2. The second-order valence-electron chi connectivity index (χ2n) is 16.3. The molecule has 8 atom stereocenters. The Morgan fingerprint density at radius 1 is 0.632 bits per heavy atom. The van der Waals surface area contributed by atoms with E-state index < -0.39 is 42.0 Å². The van der Waals surface area contributed by atoms with Crippen LogP contribution in [0.5, 0.6) is 5.75 Å². The molecule has 11 heteroatoms. The van der Waals surface area contributed by atoms with Gasteiger partial charge in [-0.25, -0.2) is 9.59 Å². The van der Waals surface area contributed by atoms with E-state index in [1.165, 1.54) is 12.1 Å². The van der Waals surface area contributed by atoms with E-state index in [0.717, 1.165) is 54.4 Å². The maximum absolute atomic E-state index is 13.1. The quantitative estimate of drug-likeness (QED) is 0.236.